The largest absolute Gasteiger partial charge is 0.479 e. The number of carbonyl (C=O) groups excluding carboxylic acids is 1. The number of aliphatic imine (C=N–C) groups is 1. The van der Waals surface area contributed by atoms with Crippen LogP contribution in [-0.2, 0) is 11.2 Å². The van der Waals surface area contributed by atoms with Crippen molar-refractivity contribution in [3.63, 3.8) is 0 Å². The van der Waals surface area contributed by atoms with Crippen molar-refractivity contribution < 1.29 is 9.53 Å². The molecule has 0 radical (unpaired) electrons. The fraction of sp³-hybridized carbons (Fsp3) is 0.400. The molecule has 1 aromatic rings. The first-order chi connectivity index (χ1) is 12.5. The van der Waals surface area contributed by atoms with Crippen LogP contribution in [0.15, 0.2) is 35.0 Å². The summed E-state index contributed by atoms with van der Waals surface area (Å²) in [6.07, 6.45) is 3.98. The van der Waals surface area contributed by atoms with Crippen LogP contribution in [0.1, 0.15) is 25.0 Å². The van der Waals surface area contributed by atoms with Crippen LogP contribution in [0.25, 0.3) is 5.57 Å². The minimum Gasteiger partial charge on any atom is -0.479 e. The topological polar surface area (TPSA) is 53.9 Å². The van der Waals surface area contributed by atoms with Crippen molar-refractivity contribution in [2.45, 2.75) is 26.4 Å². The second-order valence-corrected chi connectivity index (χ2v) is 6.95. The molecule has 0 bridgehead atoms. The number of piperazine rings is 1. The highest BCUT2D eigenvalue weighted by Crippen LogP contribution is 2.40. The number of halogens is 1. The van der Waals surface area contributed by atoms with Crippen LogP contribution in [0.4, 0.5) is 0 Å². The van der Waals surface area contributed by atoms with E-state index >= 15 is 0 Å². The van der Waals surface area contributed by atoms with Crippen LogP contribution in [0.5, 0.6) is 5.75 Å². The molecule has 0 saturated carbocycles. The van der Waals surface area contributed by atoms with E-state index in [0.717, 1.165) is 54.3 Å². The highest BCUT2D eigenvalue weighted by molar-refractivity contribution is 6.31. The van der Waals surface area contributed by atoms with Gasteiger partial charge in [0.1, 0.15) is 5.75 Å². The van der Waals surface area contributed by atoms with E-state index in [1.54, 1.807) is 0 Å². The van der Waals surface area contributed by atoms with Gasteiger partial charge in [0.05, 0.1) is 0 Å². The van der Waals surface area contributed by atoms with Crippen molar-refractivity contribution in [1.29, 1.82) is 0 Å². The van der Waals surface area contributed by atoms with Gasteiger partial charge in [-0.05, 0) is 44.3 Å². The van der Waals surface area contributed by atoms with Crippen LogP contribution < -0.4 is 10.1 Å². The fourth-order valence-electron chi connectivity index (χ4n) is 3.35. The summed E-state index contributed by atoms with van der Waals surface area (Å²) in [5.74, 6) is 0.787. The Morgan fingerprint density at radius 2 is 2.15 bits per heavy atom. The second kappa shape index (κ2) is 8.06. The van der Waals surface area contributed by atoms with Crippen LogP contribution >= 0.6 is 11.6 Å². The summed E-state index contributed by atoms with van der Waals surface area (Å²) < 4.78 is 6.12. The van der Waals surface area contributed by atoms with Crippen LogP contribution in [0.2, 0.25) is 5.02 Å². The number of amides is 1. The van der Waals surface area contributed by atoms with Crippen molar-refractivity contribution in [2.24, 2.45) is 4.99 Å². The zero-order chi connectivity index (χ0) is 18.7. The molecule has 0 spiro atoms. The third-order valence-electron chi connectivity index (χ3n) is 4.74. The van der Waals surface area contributed by atoms with E-state index in [1.807, 2.05) is 43.0 Å². The number of rotatable bonds is 4. The van der Waals surface area contributed by atoms with Crippen LogP contribution in [0, 0.1) is 0 Å². The molecule has 6 heteroatoms. The van der Waals surface area contributed by atoms with Crippen LogP contribution in [0.3, 0.4) is 0 Å². The van der Waals surface area contributed by atoms with E-state index in [4.69, 9.17) is 16.3 Å². The first-order valence-corrected chi connectivity index (χ1v) is 9.21. The zero-order valence-electron chi connectivity index (χ0n) is 15.2. The number of nitrogens with one attached hydrogen (secondary N) is 1. The number of fused-ring (bicyclic) bond motifs is 1. The van der Waals surface area contributed by atoms with E-state index in [1.165, 1.54) is 0 Å². The number of carbonyl (C=O) groups is 1. The van der Waals surface area contributed by atoms with Gasteiger partial charge in [0.25, 0.3) is 5.91 Å². The Balaban J connectivity index is 1.90. The maximum Gasteiger partial charge on any atom is 0.264 e. The maximum absolute atomic E-state index is 12.8. The molecular weight excluding hydrogens is 350 g/mol. The Hall–Kier alpha value is -2.11. The Labute approximate surface area is 159 Å². The minimum absolute atomic E-state index is 0.0475. The van der Waals surface area contributed by atoms with E-state index < -0.39 is 6.10 Å². The molecule has 2 aliphatic heterocycles. The van der Waals surface area contributed by atoms with Gasteiger partial charge in [0.15, 0.2) is 6.10 Å². The van der Waals surface area contributed by atoms with Crippen molar-refractivity contribution >= 4 is 29.8 Å². The SMILES string of the molecule is C=N/C(C)=C\C(=C/C)c1cc(Cl)cc2c1OC(C(=O)N1CCNCC1)C2. The average Bonchev–Trinajstić information content (AvgIpc) is 3.09. The van der Waals surface area contributed by atoms with Gasteiger partial charge < -0.3 is 15.0 Å². The summed E-state index contributed by atoms with van der Waals surface area (Å²) in [5, 5.41) is 3.89. The van der Waals surface area contributed by atoms with Gasteiger partial charge in [-0.1, -0.05) is 17.7 Å². The number of benzene rings is 1. The monoisotopic (exact) mass is 373 g/mol. The lowest BCUT2D eigenvalue weighted by atomic mass is 9.99. The highest BCUT2D eigenvalue weighted by Gasteiger charge is 2.34. The van der Waals surface area contributed by atoms with Gasteiger partial charge in [-0.15, -0.1) is 0 Å². The minimum atomic E-state index is -0.485. The quantitative estimate of drug-likeness (QED) is 0.651. The summed E-state index contributed by atoms with van der Waals surface area (Å²) >= 11 is 6.33. The van der Waals surface area contributed by atoms with Gasteiger partial charge in [-0.2, -0.15) is 0 Å². The van der Waals surface area contributed by atoms with Gasteiger partial charge in [0, 0.05) is 54.4 Å². The molecule has 3 rings (SSSR count). The number of allylic oxidation sites excluding steroid dienone is 4. The third-order valence-corrected chi connectivity index (χ3v) is 4.95. The smallest absolute Gasteiger partial charge is 0.264 e. The first kappa shape index (κ1) is 18.7. The van der Waals surface area contributed by atoms with Crippen molar-refractivity contribution in [2.75, 3.05) is 26.2 Å². The average molecular weight is 374 g/mol. The standard InChI is InChI=1S/C20H24ClN3O2/c1-4-14(9-13(2)22-3)17-12-16(21)10-15-11-18(26-19(15)17)20(25)24-7-5-23-6-8-24/h4,9-10,12,18,23H,3,5-8,11H2,1-2H3/b13-9-,14-4+. The number of hydrogen-bond acceptors (Lipinski definition) is 4. The Morgan fingerprint density at radius 3 is 2.81 bits per heavy atom. The third kappa shape index (κ3) is 3.84. The molecule has 1 amide bonds. The maximum atomic E-state index is 12.8. The van der Waals surface area contributed by atoms with Gasteiger partial charge in [-0.25, -0.2) is 0 Å². The lowest BCUT2D eigenvalue weighted by molar-refractivity contribution is -0.138. The summed E-state index contributed by atoms with van der Waals surface area (Å²) in [6.45, 7) is 10.5. The summed E-state index contributed by atoms with van der Waals surface area (Å²) in [7, 11) is 0. The Morgan fingerprint density at radius 1 is 1.42 bits per heavy atom. The molecule has 0 aliphatic carbocycles. The molecule has 2 heterocycles. The van der Waals surface area contributed by atoms with Crippen molar-refractivity contribution in [3.8, 4) is 5.75 Å². The Bertz CT molecular complexity index is 780. The lowest BCUT2D eigenvalue weighted by Crippen LogP contribution is -2.50. The molecule has 1 aromatic carbocycles. The normalized spacial score (nSPS) is 20.6. The highest BCUT2D eigenvalue weighted by atomic mass is 35.5. The fourth-order valence-corrected chi connectivity index (χ4v) is 3.59. The molecule has 1 N–H and O–H groups in total. The zero-order valence-corrected chi connectivity index (χ0v) is 16.0. The number of ether oxygens (including phenoxy) is 1. The van der Waals surface area contributed by atoms with E-state index in [0.29, 0.717) is 11.4 Å². The second-order valence-electron chi connectivity index (χ2n) is 6.52. The van der Waals surface area contributed by atoms with Crippen molar-refractivity contribution in [3.05, 3.63) is 46.1 Å². The number of nitrogens with zero attached hydrogens (tertiary/aromatic N) is 2. The molecule has 26 heavy (non-hydrogen) atoms. The molecule has 1 saturated heterocycles. The summed E-state index contributed by atoms with van der Waals surface area (Å²) in [4.78, 5) is 18.6. The van der Waals surface area contributed by atoms with E-state index in [-0.39, 0.29) is 5.91 Å². The van der Waals surface area contributed by atoms with Crippen LogP contribution in [-0.4, -0.2) is 49.8 Å². The first-order valence-electron chi connectivity index (χ1n) is 8.83. The van der Waals surface area contributed by atoms with Gasteiger partial charge in [-0.3, -0.25) is 9.79 Å². The lowest BCUT2D eigenvalue weighted by Gasteiger charge is -2.29. The Kier molecular flexibility index (Phi) is 5.79. The van der Waals surface area contributed by atoms with Crippen molar-refractivity contribution in [1.82, 2.24) is 10.2 Å². The van der Waals surface area contributed by atoms with E-state index in [2.05, 4.69) is 17.0 Å². The van der Waals surface area contributed by atoms with Gasteiger partial charge in [0.2, 0.25) is 0 Å². The molecular formula is C20H24ClN3O2. The predicted molar refractivity (Wildman–Crippen MR) is 106 cm³/mol. The molecule has 1 atom stereocenters. The molecule has 0 aromatic heterocycles. The predicted octanol–water partition coefficient (Wildman–Crippen LogP) is 3.08. The molecule has 138 valence electrons. The summed E-state index contributed by atoms with van der Waals surface area (Å²) in [6, 6.07) is 3.77. The van der Waals surface area contributed by atoms with Gasteiger partial charge >= 0.3 is 0 Å². The molecule has 1 fully saturated rings. The molecule has 1 unspecified atom stereocenters. The van der Waals surface area contributed by atoms with E-state index in [9.17, 15) is 4.79 Å². The number of hydrogen-bond donors (Lipinski definition) is 1. The molecule has 5 nitrogen and oxygen atoms in total. The summed E-state index contributed by atoms with van der Waals surface area (Å²) in [5.41, 5.74) is 3.61. The molecule has 2 aliphatic rings.